The molecule has 0 radical (unpaired) electrons. The second kappa shape index (κ2) is 10.8. The molecule has 0 fully saturated rings. The fourth-order valence-corrected chi connectivity index (χ4v) is 1.74. The molecule has 0 aliphatic carbocycles. The monoisotopic (exact) mass is 386 g/mol. The predicted molar refractivity (Wildman–Crippen MR) is 72.4 cm³/mol. The number of carbonyl (C=O) groups excluding carboxylic acids is 1. The van der Waals surface area contributed by atoms with E-state index in [1.807, 2.05) is 0 Å². The summed E-state index contributed by atoms with van der Waals surface area (Å²) in [4.78, 5) is 10.6. The summed E-state index contributed by atoms with van der Waals surface area (Å²) in [5.41, 5.74) is 0. The Labute approximate surface area is 140 Å². The van der Waals surface area contributed by atoms with E-state index in [-0.39, 0.29) is 13.0 Å². The molecule has 0 spiro atoms. The van der Waals surface area contributed by atoms with Gasteiger partial charge < -0.3 is 14.2 Å². The van der Waals surface area contributed by atoms with E-state index in [1.54, 1.807) is 0 Å². The molecular formula is C14H21F7O4. The maximum absolute atomic E-state index is 13.1. The highest BCUT2D eigenvalue weighted by Crippen LogP contribution is 2.36. The van der Waals surface area contributed by atoms with E-state index in [0.29, 0.717) is 39.2 Å². The average Bonchev–Trinajstić information content (AvgIpc) is 2.50. The Balaban J connectivity index is 3.68. The third kappa shape index (κ3) is 9.83. The molecule has 150 valence electrons. The van der Waals surface area contributed by atoms with E-state index in [1.165, 1.54) is 0 Å². The first-order chi connectivity index (χ1) is 11.4. The van der Waals surface area contributed by atoms with Crippen molar-refractivity contribution in [2.75, 3.05) is 26.9 Å². The largest absolute Gasteiger partial charge is 0.464 e. The summed E-state index contributed by atoms with van der Waals surface area (Å²) in [6, 6.07) is 0. The number of hydrogen-bond acceptors (Lipinski definition) is 4. The van der Waals surface area contributed by atoms with Crippen LogP contribution in [-0.4, -0.2) is 51.1 Å². The maximum Gasteiger partial charge on any atom is 0.431 e. The van der Waals surface area contributed by atoms with Gasteiger partial charge in [-0.25, -0.2) is 4.79 Å². The van der Waals surface area contributed by atoms with Crippen LogP contribution in [0.5, 0.6) is 0 Å². The molecule has 0 heterocycles. The minimum absolute atomic E-state index is 0.0303. The van der Waals surface area contributed by atoms with Gasteiger partial charge in [0.15, 0.2) is 0 Å². The standard InChI is InChI=1S/C14H21F7O4/c1-23-11(22)13(18,19)14(20,21)25-9-7-5-3-2-4-6-8-24-10-12(15,16)17/h2-10H2,1H3. The molecule has 0 aliphatic heterocycles. The van der Waals surface area contributed by atoms with Crippen molar-refractivity contribution in [3.8, 4) is 0 Å². The number of unbranched alkanes of at least 4 members (excludes halogenated alkanes) is 5. The van der Waals surface area contributed by atoms with Gasteiger partial charge in [-0.15, -0.1) is 0 Å². The molecule has 0 saturated carbocycles. The molecular weight excluding hydrogens is 365 g/mol. The zero-order chi connectivity index (χ0) is 19.6. The third-order valence-corrected chi connectivity index (χ3v) is 3.04. The number of halogens is 7. The van der Waals surface area contributed by atoms with Crippen molar-refractivity contribution < 1.29 is 49.7 Å². The second-order valence-electron chi connectivity index (χ2n) is 5.22. The summed E-state index contributed by atoms with van der Waals surface area (Å²) in [7, 11) is 0.556. The summed E-state index contributed by atoms with van der Waals surface area (Å²) in [6.07, 6.45) is -6.62. The Bertz CT molecular complexity index is 386. The molecule has 0 amide bonds. The van der Waals surface area contributed by atoms with Crippen molar-refractivity contribution in [1.29, 1.82) is 0 Å². The normalized spacial score (nSPS) is 13.1. The highest BCUT2D eigenvalue weighted by atomic mass is 19.4. The van der Waals surface area contributed by atoms with Gasteiger partial charge in [-0.3, -0.25) is 0 Å². The molecule has 0 N–H and O–H groups in total. The van der Waals surface area contributed by atoms with Crippen molar-refractivity contribution in [2.24, 2.45) is 0 Å². The van der Waals surface area contributed by atoms with E-state index in [9.17, 15) is 35.5 Å². The van der Waals surface area contributed by atoms with Crippen LogP contribution < -0.4 is 0 Å². The Kier molecular flexibility index (Phi) is 10.3. The lowest BCUT2D eigenvalue weighted by atomic mass is 10.1. The van der Waals surface area contributed by atoms with Gasteiger partial charge in [0.2, 0.25) is 0 Å². The van der Waals surface area contributed by atoms with Gasteiger partial charge in [0, 0.05) is 6.61 Å². The first-order valence-corrected chi connectivity index (χ1v) is 7.56. The molecule has 11 heteroatoms. The van der Waals surface area contributed by atoms with Crippen LogP contribution in [-0.2, 0) is 19.0 Å². The van der Waals surface area contributed by atoms with Crippen LogP contribution in [0.3, 0.4) is 0 Å². The topological polar surface area (TPSA) is 44.8 Å². The number of rotatable bonds is 13. The molecule has 4 nitrogen and oxygen atoms in total. The van der Waals surface area contributed by atoms with Crippen LogP contribution >= 0.6 is 0 Å². The molecule has 0 aromatic carbocycles. The Hall–Kier alpha value is -1.10. The minimum atomic E-state index is -5.07. The number of ether oxygens (including phenoxy) is 3. The molecule has 0 saturated heterocycles. The van der Waals surface area contributed by atoms with Crippen LogP contribution in [0.25, 0.3) is 0 Å². The molecule has 0 rings (SSSR count). The number of hydrogen-bond donors (Lipinski definition) is 0. The van der Waals surface area contributed by atoms with Crippen LogP contribution in [0.15, 0.2) is 0 Å². The highest BCUT2D eigenvalue weighted by molar-refractivity contribution is 5.78. The Morgan fingerprint density at radius 1 is 0.800 bits per heavy atom. The van der Waals surface area contributed by atoms with Gasteiger partial charge in [0.1, 0.15) is 6.61 Å². The van der Waals surface area contributed by atoms with Crippen LogP contribution in [0.1, 0.15) is 38.5 Å². The van der Waals surface area contributed by atoms with Crippen LogP contribution in [0, 0.1) is 0 Å². The van der Waals surface area contributed by atoms with E-state index in [0.717, 1.165) is 0 Å². The highest BCUT2D eigenvalue weighted by Gasteiger charge is 2.64. The lowest BCUT2D eigenvalue weighted by Gasteiger charge is -2.23. The van der Waals surface area contributed by atoms with Gasteiger partial charge in [0.25, 0.3) is 0 Å². The van der Waals surface area contributed by atoms with Crippen LogP contribution in [0.4, 0.5) is 30.7 Å². The van der Waals surface area contributed by atoms with E-state index >= 15 is 0 Å². The molecule has 0 aliphatic rings. The van der Waals surface area contributed by atoms with E-state index in [2.05, 4.69) is 14.2 Å². The summed E-state index contributed by atoms with van der Waals surface area (Å²) in [5, 5.41) is 0. The fraction of sp³-hybridized carbons (Fsp3) is 0.929. The van der Waals surface area contributed by atoms with Crippen molar-refractivity contribution in [2.45, 2.75) is 56.7 Å². The molecule has 0 bridgehead atoms. The van der Waals surface area contributed by atoms with Gasteiger partial charge in [0.05, 0.1) is 13.7 Å². The fourth-order valence-electron chi connectivity index (χ4n) is 1.74. The molecule has 25 heavy (non-hydrogen) atoms. The van der Waals surface area contributed by atoms with Crippen LogP contribution in [0.2, 0.25) is 0 Å². The first-order valence-electron chi connectivity index (χ1n) is 7.56. The third-order valence-electron chi connectivity index (χ3n) is 3.04. The lowest BCUT2D eigenvalue weighted by Crippen LogP contribution is -2.49. The summed E-state index contributed by atoms with van der Waals surface area (Å²) in [6.45, 7) is -2.00. The SMILES string of the molecule is COC(=O)C(F)(F)C(F)(F)OCCCCCCCCOCC(F)(F)F. The summed E-state index contributed by atoms with van der Waals surface area (Å²) < 4.78 is 99.3. The number of carbonyl (C=O) groups is 1. The van der Waals surface area contributed by atoms with Gasteiger partial charge >= 0.3 is 24.2 Å². The lowest BCUT2D eigenvalue weighted by molar-refractivity contribution is -0.339. The molecule has 0 atom stereocenters. The van der Waals surface area contributed by atoms with Crippen molar-refractivity contribution in [3.05, 3.63) is 0 Å². The minimum Gasteiger partial charge on any atom is -0.464 e. The van der Waals surface area contributed by atoms with E-state index in [4.69, 9.17) is 0 Å². The molecule has 0 unspecified atom stereocenters. The quantitative estimate of drug-likeness (QED) is 0.269. The van der Waals surface area contributed by atoms with Crippen molar-refractivity contribution >= 4 is 5.97 Å². The second-order valence-corrected chi connectivity index (χ2v) is 5.22. The smallest absolute Gasteiger partial charge is 0.431 e. The van der Waals surface area contributed by atoms with Crippen molar-refractivity contribution in [3.63, 3.8) is 0 Å². The molecule has 0 aromatic heterocycles. The maximum atomic E-state index is 13.1. The average molecular weight is 386 g/mol. The van der Waals surface area contributed by atoms with E-state index < -0.39 is 37.4 Å². The Morgan fingerprint density at radius 3 is 1.76 bits per heavy atom. The number of alkyl halides is 7. The zero-order valence-corrected chi connectivity index (χ0v) is 13.6. The predicted octanol–water partition coefficient (Wildman–Crippen LogP) is 4.32. The van der Waals surface area contributed by atoms with Gasteiger partial charge in [-0.1, -0.05) is 25.7 Å². The number of esters is 1. The summed E-state index contributed by atoms with van der Waals surface area (Å²) >= 11 is 0. The first kappa shape index (κ1) is 23.9. The van der Waals surface area contributed by atoms with Gasteiger partial charge in [-0.05, 0) is 12.8 Å². The Morgan fingerprint density at radius 2 is 1.28 bits per heavy atom. The van der Waals surface area contributed by atoms with Crippen molar-refractivity contribution in [1.82, 2.24) is 0 Å². The summed E-state index contributed by atoms with van der Waals surface area (Å²) in [5.74, 6) is -7.46. The zero-order valence-electron chi connectivity index (χ0n) is 13.6. The van der Waals surface area contributed by atoms with Gasteiger partial charge in [-0.2, -0.15) is 30.7 Å². The number of methoxy groups -OCH3 is 1. The molecule has 0 aromatic rings.